The minimum atomic E-state index is 0.157. The maximum atomic E-state index is 5.30. The zero-order valence-corrected chi connectivity index (χ0v) is 9.04. The van der Waals surface area contributed by atoms with Crippen molar-refractivity contribution in [2.24, 2.45) is 0 Å². The second kappa shape index (κ2) is 8.49. The van der Waals surface area contributed by atoms with Crippen molar-refractivity contribution < 1.29 is 9.47 Å². The minimum absolute atomic E-state index is 0.157. The summed E-state index contributed by atoms with van der Waals surface area (Å²) in [5, 5.41) is 0. The number of rotatable bonds is 7. The van der Waals surface area contributed by atoms with Gasteiger partial charge in [-0.25, -0.2) is 0 Å². The third kappa shape index (κ3) is 6.77. The maximum absolute atomic E-state index is 5.30. The van der Waals surface area contributed by atoms with Crippen LogP contribution in [-0.4, -0.2) is 24.4 Å². The van der Waals surface area contributed by atoms with Crippen molar-refractivity contribution >= 4 is 22.6 Å². The molecule has 1 atom stereocenters. The van der Waals surface area contributed by atoms with Crippen molar-refractivity contribution in [3.63, 3.8) is 0 Å². The van der Waals surface area contributed by atoms with Crippen LogP contribution in [0.3, 0.4) is 0 Å². The SMILES string of the molecule is C=CC(CCCI)OCOC. The van der Waals surface area contributed by atoms with Gasteiger partial charge in [0.1, 0.15) is 6.79 Å². The molecule has 0 aromatic carbocycles. The zero-order valence-electron chi connectivity index (χ0n) is 6.88. The average molecular weight is 270 g/mol. The Balaban J connectivity index is 3.33. The van der Waals surface area contributed by atoms with Crippen molar-refractivity contribution in [2.45, 2.75) is 18.9 Å². The summed E-state index contributed by atoms with van der Waals surface area (Å²) in [6.45, 7) is 4.04. The summed E-state index contributed by atoms with van der Waals surface area (Å²) in [7, 11) is 1.62. The predicted octanol–water partition coefficient (Wildman–Crippen LogP) is 2.38. The van der Waals surface area contributed by atoms with Crippen LogP contribution in [-0.2, 0) is 9.47 Å². The number of ether oxygens (including phenoxy) is 2. The maximum Gasteiger partial charge on any atom is 0.147 e. The third-order valence-electron chi connectivity index (χ3n) is 1.29. The van der Waals surface area contributed by atoms with Crippen molar-refractivity contribution in [1.82, 2.24) is 0 Å². The Kier molecular flexibility index (Phi) is 8.79. The van der Waals surface area contributed by atoms with Crippen LogP contribution in [0.5, 0.6) is 0 Å². The molecule has 0 aliphatic heterocycles. The molecule has 0 aliphatic rings. The van der Waals surface area contributed by atoms with Crippen LogP contribution in [0.2, 0.25) is 0 Å². The molecule has 0 aromatic heterocycles. The van der Waals surface area contributed by atoms with Crippen molar-refractivity contribution in [3.8, 4) is 0 Å². The zero-order chi connectivity index (χ0) is 8.53. The lowest BCUT2D eigenvalue weighted by Gasteiger charge is -2.11. The quantitative estimate of drug-likeness (QED) is 0.306. The Morgan fingerprint density at radius 2 is 2.36 bits per heavy atom. The van der Waals surface area contributed by atoms with Gasteiger partial charge in [-0.2, -0.15) is 0 Å². The van der Waals surface area contributed by atoms with Gasteiger partial charge < -0.3 is 9.47 Å². The van der Waals surface area contributed by atoms with Crippen molar-refractivity contribution in [2.75, 3.05) is 18.3 Å². The van der Waals surface area contributed by atoms with Crippen LogP contribution < -0.4 is 0 Å². The lowest BCUT2D eigenvalue weighted by atomic mass is 10.2. The molecular formula is C8H15IO2. The Morgan fingerprint density at radius 3 is 2.82 bits per heavy atom. The van der Waals surface area contributed by atoms with Crippen LogP contribution in [0.25, 0.3) is 0 Å². The summed E-state index contributed by atoms with van der Waals surface area (Å²) in [5.41, 5.74) is 0. The highest BCUT2D eigenvalue weighted by Crippen LogP contribution is 2.05. The molecule has 0 fully saturated rings. The molecular weight excluding hydrogens is 255 g/mol. The Hall–Kier alpha value is 0.390. The van der Waals surface area contributed by atoms with E-state index in [1.807, 2.05) is 6.08 Å². The highest BCUT2D eigenvalue weighted by Gasteiger charge is 2.01. The van der Waals surface area contributed by atoms with Gasteiger partial charge in [0.2, 0.25) is 0 Å². The van der Waals surface area contributed by atoms with E-state index in [-0.39, 0.29) is 6.10 Å². The van der Waals surface area contributed by atoms with Crippen LogP contribution >= 0.6 is 22.6 Å². The number of halogens is 1. The molecule has 0 saturated heterocycles. The van der Waals surface area contributed by atoms with E-state index in [0.29, 0.717) is 6.79 Å². The minimum Gasteiger partial charge on any atom is -0.359 e. The van der Waals surface area contributed by atoms with Crippen LogP contribution in [0.4, 0.5) is 0 Å². The van der Waals surface area contributed by atoms with Gasteiger partial charge in [0.05, 0.1) is 6.10 Å². The van der Waals surface area contributed by atoms with E-state index in [4.69, 9.17) is 9.47 Å². The van der Waals surface area contributed by atoms with E-state index in [9.17, 15) is 0 Å². The Bertz CT molecular complexity index is 88.1. The largest absolute Gasteiger partial charge is 0.359 e. The number of hydrogen-bond acceptors (Lipinski definition) is 2. The molecule has 3 heteroatoms. The summed E-state index contributed by atoms with van der Waals surface area (Å²) in [4.78, 5) is 0. The van der Waals surface area contributed by atoms with Crippen LogP contribution in [0.15, 0.2) is 12.7 Å². The first-order valence-electron chi connectivity index (χ1n) is 3.64. The summed E-state index contributed by atoms with van der Waals surface area (Å²) in [5.74, 6) is 0. The van der Waals surface area contributed by atoms with E-state index in [0.717, 1.165) is 6.42 Å². The summed E-state index contributed by atoms with van der Waals surface area (Å²) in [6.07, 6.45) is 4.19. The summed E-state index contributed by atoms with van der Waals surface area (Å²) in [6, 6.07) is 0. The van der Waals surface area contributed by atoms with Crippen molar-refractivity contribution in [3.05, 3.63) is 12.7 Å². The van der Waals surface area contributed by atoms with E-state index < -0.39 is 0 Å². The topological polar surface area (TPSA) is 18.5 Å². The fourth-order valence-electron chi connectivity index (χ4n) is 0.703. The molecule has 1 unspecified atom stereocenters. The smallest absolute Gasteiger partial charge is 0.147 e. The van der Waals surface area contributed by atoms with Gasteiger partial charge in [0.15, 0.2) is 0 Å². The van der Waals surface area contributed by atoms with Gasteiger partial charge in [-0.05, 0) is 17.3 Å². The molecule has 0 radical (unpaired) electrons. The lowest BCUT2D eigenvalue weighted by molar-refractivity contribution is -0.0573. The molecule has 0 spiro atoms. The summed E-state index contributed by atoms with van der Waals surface area (Å²) >= 11 is 2.35. The molecule has 11 heavy (non-hydrogen) atoms. The van der Waals surface area contributed by atoms with Gasteiger partial charge in [-0.15, -0.1) is 6.58 Å². The van der Waals surface area contributed by atoms with E-state index in [1.54, 1.807) is 7.11 Å². The normalized spacial score (nSPS) is 12.9. The van der Waals surface area contributed by atoms with Gasteiger partial charge >= 0.3 is 0 Å². The van der Waals surface area contributed by atoms with E-state index >= 15 is 0 Å². The van der Waals surface area contributed by atoms with Gasteiger partial charge in [0.25, 0.3) is 0 Å². The monoisotopic (exact) mass is 270 g/mol. The van der Waals surface area contributed by atoms with E-state index in [2.05, 4.69) is 29.2 Å². The fraction of sp³-hybridized carbons (Fsp3) is 0.750. The average Bonchev–Trinajstić information content (AvgIpc) is 2.05. The molecule has 0 aromatic rings. The Morgan fingerprint density at radius 1 is 1.64 bits per heavy atom. The number of methoxy groups -OCH3 is 1. The molecule has 0 aliphatic carbocycles. The van der Waals surface area contributed by atoms with Gasteiger partial charge in [0, 0.05) is 7.11 Å². The molecule has 0 amide bonds. The van der Waals surface area contributed by atoms with Crippen molar-refractivity contribution in [1.29, 1.82) is 0 Å². The lowest BCUT2D eigenvalue weighted by Crippen LogP contribution is -2.11. The van der Waals surface area contributed by atoms with E-state index in [1.165, 1.54) is 10.8 Å². The molecule has 0 N–H and O–H groups in total. The van der Waals surface area contributed by atoms with Crippen LogP contribution in [0.1, 0.15) is 12.8 Å². The van der Waals surface area contributed by atoms with Gasteiger partial charge in [-0.3, -0.25) is 0 Å². The first kappa shape index (κ1) is 11.4. The van der Waals surface area contributed by atoms with Gasteiger partial charge in [-0.1, -0.05) is 28.7 Å². The first-order valence-corrected chi connectivity index (χ1v) is 5.16. The predicted molar refractivity (Wildman–Crippen MR) is 55.1 cm³/mol. The summed E-state index contributed by atoms with van der Waals surface area (Å²) < 4.78 is 11.2. The molecule has 66 valence electrons. The second-order valence-electron chi connectivity index (χ2n) is 2.18. The Labute approximate surface area is 82.1 Å². The number of hydrogen-bond donors (Lipinski definition) is 0. The number of alkyl halides is 1. The standard InChI is InChI=1S/C8H15IO2/c1-3-8(5-4-6-9)11-7-10-2/h3,8H,1,4-7H2,2H3. The molecule has 2 nitrogen and oxygen atoms in total. The molecule has 0 saturated carbocycles. The highest BCUT2D eigenvalue weighted by atomic mass is 127. The second-order valence-corrected chi connectivity index (χ2v) is 3.26. The van der Waals surface area contributed by atoms with Crippen LogP contribution in [0, 0.1) is 0 Å². The first-order chi connectivity index (χ1) is 5.35. The molecule has 0 bridgehead atoms. The molecule has 0 heterocycles. The highest BCUT2D eigenvalue weighted by molar-refractivity contribution is 14.1. The molecule has 0 rings (SSSR count). The fourth-order valence-corrected chi connectivity index (χ4v) is 1.14. The third-order valence-corrected chi connectivity index (χ3v) is 2.05.